The fraction of sp³-hybridized carbons (Fsp3) is 1.00. The van der Waals surface area contributed by atoms with Gasteiger partial charge in [0.05, 0.1) is 5.92 Å². The summed E-state index contributed by atoms with van der Waals surface area (Å²) in [6, 6.07) is 0. The van der Waals surface area contributed by atoms with Crippen LogP contribution in [0.2, 0.25) is 0 Å². The number of nitrogens with two attached hydrogens (primary N) is 1. The van der Waals surface area contributed by atoms with Crippen molar-refractivity contribution in [1.82, 2.24) is 4.90 Å². The molecule has 2 N–H and O–H groups in total. The monoisotopic (exact) mass is 292 g/mol. The molecule has 0 aromatic carbocycles. The predicted molar refractivity (Wildman–Crippen MR) is 74.3 cm³/mol. The molecule has 0 aromatic heterocycles. The van der Waals surface area contributed by atoms with Gasteiger partial charge < -0.3 is 5.73 Å². The molecular weight excluding hydrogens is 265 g/mol. The molecule has 20 heavy (non-hydrogen) atoms. The highest BCUT2D eigenvalue weighted by molar-refractivity contribution is 5.00. The highest BCUT2D eigenvalue weighted by Crippen LogP contribution is 2.45. The maximum absolute atomic E-state index is 13.1. The van der Waals surface area contributed by atoms with Gasteiger partial charge in [-0.2, -0.15) is 13.2 Å². The van der Waals surface area contributed by atoms with E-state index >= 15 is 0 Å². The summed E-state index contributed by atoms with van der Waals surface area (Å²) in [5.41, 5.74) is 5.52. The summed E-state index contributed by atoms with van der Waals surface area (Å²) in [5, 5.41) is 0. The van der Waals surface area contributed by atoms with Gasteiger partial charge in [-0.25, -0.2) is 0 Å². The Balaban J connectivity index is 2.10. The highest BCUT2D eigenvalue weighted by Gasteiger charge is 2.50. The number of likely N-dealkylation sites (tertiary alicyclic amines) is 1. The maximum atomic E-state index is 13.1. The lowest BCUT2D eigenvalue weighted by molar-refractivity contribution is -0.193. The molecule has 2 fully saturated rings. The lowest BCUT2D eigenvalue weighted by Crippen LogP contribution is -2.57. The SMILES string of the molecule is CC(C)C1CCN(C2(CN)CCCC(C(F)(F)F)C2)C1. The maximum Gasteiger partial charge on any atom is 0.391 e. The van der Waals surface area contributed by atoms with E-state index in [2.05, 4.69) is 18.7 Å². The van der Waals surface area contributed by atoms with Crippen LogP contribution >= 0.6 is 0 Å². The molecule has 2 rings (SSSR count). The molecule has 3 unspecified atom stereocenters. The van der Waals surface area contributed by atoms with E-state index in [9.17, 15) is 13.2 Å². The van der Waals surface area contributed by atoms with E-state index in [-0.39, 0.29) is 12.8 Å². The Bertz CT molecular complexity index is 330. The molecule has 0 bridgehead atoms. The van der Waals surface area contributed by atoms with Crippen LogP contribution in [0.25, 0.3) is 0 Å². The quantitative estimate of drug-likeness (QED) is 0.863. The molecular formula is C15H27F3N2. The molecule has 0 spiro atoms. The van der Waals surface area contributed by atoms with E-state index in [1.165, 1.54) is 0 Å². The van der Waals surface area contributed by atoms with Crippen molar-refractivity contribution in [2.45, 2.75) is 57.7 Å². The van der Waals surface area contributed by atoms with E-state index in [1.807, 2.05) is 0 Å². The lowest BCUT2D eigenvalue weighted by Gasteiger charge is -2.47. The smallest absolute Gasteiger partial charge is 0.329 e. The second-order valence-electron chi connectivity index (χ2n) is 7.00. The third kappa shape index (κ3) is 3.14. The van der Waals surface area contributed by atoms with Gasteiger partial charge in [0.1, 0.15) is 0 Å². The number of hydrogen-bond acceptors (Lipinski definition) is 2. The minimum atomic E-state index is -4.07. The van der Waals surface area contributed by atoms with E-state index in [0.29, 0.717) is 24.8 Å². The first-order chi connectivity index (χ1) is 9.28. The van der Waals surface area contributed by atoms with Crippen molar-refractivity contribution in [2.24, 2.45) is 23.5 Å². The number of alkyl halides is 3. The average molecular weight is 292 g/mol. The van der Waals surface area contributed by atoms with Gasteiger partial charge in [0.2, 0.25) is 0 Å². The molecule has 2 nitrogen and oxygen atoms in total. The largest absolute Gasteiger partial charge is 0.391 e. The summed E-state index contributed by atoms with van der Waals surface area (Å²) in [6.45, 7) is 6.57. The van der Waals surface area contributed by atoms with Gasteiger partial charge >= 0.3 is 6.18 Å². The number of nitrogens with zero attached hydrogens (tertiary/aromatic N) is 1. The highest BCUT2D eigenvalue weighted by atomic mass is 19.4. The zero-order valence-corrected chi connectivity index (χ0v) is 12.5. The Morgan fingerprint density at radius 1 is 1.30 bits per heavy atom. The molecule has 1 saturated carbocycles. The summed E-state index contributed by atoms with van der Waals surface area (Å²) in [4.78, 5) is 2.27. The van der Waals surface area contributed by atoms with Crippen molar-refractivity contribution in [2.75, 3.05) is 19.6 Å². The summed E-state index contributed by atoms with van der Waals surface area (Å²) in [6.07, 6.45) is -1.05. The van der Waals surface area contributed by atoms with Crippen LogP contribution in [0.15, 0.2) is 0 Å². The topological polar surface area (TPSA) is 29.3 Å². The lowest BCUT2D eigenvalue weighted by atomic mass is 9.74. The van der Waals surface area contributed by atoms with Crippen LogP contribution in [0.4, 0.5) is 13.2 Å². The van der Waals surface area contributed by atoms with E-state index in [4.69, 9.17) is 5.73 Å². The van der Waals surface area contributed by atoms with Gasteiger partial charge in [-0.1, -0.05) is 20.3 Å². The fourth-order valence-electron chi connectivity index (χ4n) is 3.98. The van der Waals surface area contributed by atoms with Gasteiger partial charge in [-0.3, -0.25) is 4.90 Å². The van der Waals surface area contributed by atoms with Crippen molar-refractivity contribution in [3.05, 3.63) is 0 Å². The Labute approximate surface area is 119 Å². The summed E-state index contributed by atoms with van der Waals surface area (Å²) in [7, 11) is 0. The molecule has 0 aromatic rings. The third-order valence-corrected chi connectivity index (χ3v) is 5.50. The van der Waals surface area contributed by atoms with Gasteiger partial charge in [0.25, 0.3) is 0 Å². The minimum absolute atomic E-state index is 0.192. The van der Waals surface area contributed by atoms with Crippen LogP contribution in [0.3, 0.4) is 0 Å². The first-order valence-electron chi connectivity index (χ1n) is 7.80. The second-order valence-corrected chi connectivity index (χ2v) is 7.00. The Kier molecular flexibility index (Phi) is 4.69. The normalized spacial score (nSPS) is 36.8. The van der Waals surface area contributed by atoms with Crippen LogP contribution in [0.1, 0.15) is 46.0 Å². The number of hydrogen-bond donors (Lipinski definition) is 1. The standard InChI is InChI=1S/C15H27F3N2/c1-11(2)12-5-7-20(9-12)14(10-19)6-3-4-13(8-14)15(16,17)18/h11-13H,3-10,19H2,1-2H3. The van der Waals surface area contributed by atoms with E-state index in [1.54, 1.807) is 0 Å². The predicted octanol–water partition coefficient (Wildman–Crippen LogP) is 3.41. The first kappa shape index (κ1) is 16.1. The van der Waals surface area contributed by atoms with E-state index in [0.717, 1.165) is 25.9 Å². The van der Waals surface area contributed by atoms with E-state index < -0.39 is 17.6 Å². The molecule has 3 atom stereocenters. The zero-order valence-electron chi connectivity index (χ0n) is 12.5. The van der Waals surface area contributed by atoms with Crippen molar-refractivity contribution >= 4 is 0 Å². The fourth-order valence-corrected chi connectivity index (χ4v) is 3.98. The second kappa shape index (κ2) is 5.84. The first-order valence-corrected chi connectivity index (χ1v) is 7.80. The van der Waals surface area contributed by atoms with Gasteiger partial charge in [0, 0.05) is 18.6 Å². The number of rotatable bonds is 3. The molecule has 0 radical (unpaired) electrons. The average Bonchev–Trinajstić information content (AvgIpc) is 2.88. The zero-order chi connectivity index (χ0) is 15.0. The van der Waals surface area contributed by atoms with Crippen molar-refractivity contribution < 1.29 is 13.2 Å². The van der Waals surface area contributed by atoms with Crippen LogP contribution in [-0.4, -0.2) is 36.2 Å². The molecule has 1 heterocycles. The molecule has 0 amide bonds. The Morgan fingerprint density at radius 3 is 2.50 bits per heavy atom. The van der Waals surface area contributed by atoms with Gasteiger partial charge in [-0.15, -0.1) is 0 Å². The van der Waals surface area contributed by atoms with Crippen LogP contribution in [-0.2, 0) is 0 Å². The Morgan fingerprint density at radius 2 is 2.00 bits per heavy atom. The Hall–Kier alpha value is -0.290. The molecule has 5 heteroatoms. The van der Waals surface area contributed by atoms with Crippen LogP contribution in [0.5, 0.6) is 0 Å². The van der Waals surface area contributed by atoms with Crippen molar-refractivity contribution in [3.8, 4) is 0 Å². The minimum Gasteiger partial charge on any atom is -0.329 e. The van der Waals surface area contributed by atoms with Crippen molar-refractivity contribution in [3.63, 3.8) is 0 Å². The molecule has 1 aliphatic carbocycles. The van der Waals surface area contributed by atoms with Gasteiger partial charge in [-0.05, 0) is 44.1 Å². The molecule has 2 aliphatic rings. The van der Waals surface area contributed by atoms with Crippen LogP contribution < -0.4 is 5.73 Å². The molecule has 118 valence electrons. The van der Waals surface area contributed by atoms with Gasteiger partial charge in [0.15, 0.2) is 0 Å². The third-order valence-electron chi connectivity index (χ3n) is 5.50. The van der Waals surface area contributed by atoms with Crippen molar-refractivity contribution in [1.29, 1.82) is 0 Å². The molecule has 1 aliphatic heterocycles. The summed E-state index contributed by atoms with van der Waals surface area (Å²) in [5.74, 6) is 0.0272. The number of halogens is 3. The summed E-state index contributed by atoms with van der Waals surface area (Å²) < 4.78 is 39.2. The summed E-state index contributed by atoms with van der Waals surface area (Å²) >= 11 is 0. The van der Waals surface area contributed by atoms with Crippen LogP contribution in [0, 0.1) is 17.8 Å². The molecule has 1 saturated heterocycles.